The smallest absolute Gasteiger partial charge is 0.387 e. The van der Waals surface area contributed by atoms with E-state index >= 15 is 0 Å². The molecule has 6 heteroatoms. The molecule has 2 rings (SSSR count). The minimum atomic E-state index is -2.91. The summed E-state index contributed by atoms with van der Waals surface area (Å²) in [4.78, 5) is 11.7. The van der Waals surface area contributed by atoms with Crippen LogP contribution in [0.1, 0.15) is 24.8 Å². The Morgan fingerprint density at radius 3 is 2.86 bits per heavy atom. The Kier molecular flexibility index (Phi) is 5.89. The molecule has 0 bridgehead atoms. The average molecular weight is 311 g/mol. The lowest BCUT2D eigenvalue weighted by molar-refractivity contribution is -0.116. The predicted octanol–water partition coefficient (Wildman–Crippen LogP) is 2.58. The summed E-state index contributed by atoms with van der Waals surface area (Å²) in [5.74, 6) is -0.217. The van der Waals surface area contributed by atoms with Crippen molar-refractivity contribution in [2.24, 2.45) is 5.92 Å². The number of rotatable bonds is 6. The molecule has 1 amide bonds. The first kappa shape index (κ1) is 16.4. The Morgan fingerprint density at radius 2 is 2.18 bits per heavy atom. The number of halogens is 2. The maximum atomic E-state index is 12.3. The number of hydrogen-bond donors (Lipinski definition) is 2. The van der Waals surface area contributed by atoms with E-state index in [4.69, 9.17) is 0 Å². The molecule has 1 aliphatic rings. The number of aliphatic hydroxyl groups is 1. The van der Waals surface area contributed by atoms with Gasteiger partial charge in [-0.25, -0.2) is 0 Å². The molecule has 4 nitrogen and oxygen atoms in total. The third kappa shape index (κ3) is 4.80. The third-order valence-corrected chi connectivity index (χ3v) is 3.71. The van der Waals surface area contributed by atoms with Crippen LogP contribution in [0.4, 0.5) is 8.78 Å². The largest absolute Gasteiger partial charge is 0.434 e. The zero-order valence-electron chi connectivity index (χ0n) is 12.0. The number of carbonyl (C=O) groups excluding carboxylic acids is 1. The molecule has 1 saturated carbocycles. The van der Waals surface area contributed by atoms with Gasteiger partial charge in [-0.3, -0.25) is 4.79 Å². The van der Waals surface area contributed by atoms with E-state index in [1.54, 1.807) is 18.2 Å². The van der Waals surface area contributed by atoms with Crippen LogP contribution < -0.4 is 10.1 Å². The highest BCUT2D eigenvalue weighted by atomic mass is 19.3. The van der Waals surface area contributed by atoms with Gasteiger partial charge in [0.15, 0.2) is 0 Å². The SMILES string of the molecule is O=C(C=Cc1ccccc1OC(F)F)NCC1CCCC1O. The van der Waals surface area contributed by atoms with Crippen molar-refractivity contribution < 1.29 is 23.4 Å². The molecule has 2 unspecified atom stereocenters. The van der Waals surface area contributed by atoms with Gasteiger partial charge in [0, 0.05) is 24.1 Å². The van der Waals surface area contributed by atoms with Crippen LogP contribution in [-0.2, 0) is 4.79 Å². The maximum absolute atomic E-state index is 12.3. The first-order valence-corrected chi connectivity index (χ1v) is 7.24. The summed E-state index contributed by atoms with van der Waals surface area (Å²) < 4.78 is 28.9. The molecule has 0 aliphatic heterocycles. The van der Waals surface area contributed by atoms with E-state index in [0.29, 0.717) is 12.1 Å². The van der Waals surface area contributed by atoms with E-state index in [9.17, 15) is 18.7 Å². The van der Waals surface area contributed by atoms with Crippen molar-refractivity contribution in [1.29, 1.82) is 0 Å². The summed E-state index contributed by atoms with van der Waals surface area (Å²) in [7, 11) is 0. The first-order chi connectivity index (χ1) is 10.6. The molecule has 1 aliphatic carbocycles. The van der Waals surface area contributed by atoms with Crippen LogP contribution in [0.2, 0.25) is 0 Å². The lowest BCUT2D eigenvalue weighted by Crippen LogP contribution is -2.31. The van der Waals surface area contributed by atoms with Gasteiger partial charge < -0.3 is 15.2 Å². The molecule has 2 atom stereocenters. The van der Waals surface area contributed by atoms with Gasteiger partial charge in [-0.2, -0.15) is 8.78 Å². The molecule has 22 heavy (non-hydrogen) atoms. The van der Waals surface area contributed by atoms with Crippen LogP contribution in [-0.4, -0.2) is 30.3 Å². The minimum absolute atomic E-state index is 0.0211. The van der Waals surface area contributed by atoms with Crippen LogP contribution in [0.25, 0.3) is 6.08 Å². The van der Waals surface area contributed by atoms with Gasteiger partial charge in [0.05, 0.1) is 6.10 Å². The summed E-state index contributed by atoms with van der Waals surface area (Å²) in [6.07, 6.45) is 4.98. The number of para-hydroxylation sites is 1. The summed E-state index contributed by atoms with van der Waals surface area (Å²) in [6, 6.07) is 6.25. The van der Waals surface area contributed by atoms with Gasteiger partial charge in [-0.15, -0.1) is 0 Å². The van der Waals surface area contributed by atoms with Crippen molar-refractivity contribution in [2.45, 2.75) is 32.0 Å². The molecule has 0 heterocycles. The van der Waals surface area contributed by atoms with Crippen molar-refractivity contribution in [3.05, 3.63) is 35.9 Å². The Bertz CT molecular complexity index is 534. The van der Waals surface area contributed by atoms with Crippen LogP contribution in [0.15, 0.2) is 30.3 Å². The fourth-order valence-electron chi connectivity index (χ4n) is 2.53. The molecule has 1 aromatic carbocycles. The second kappa shape index (κ2) is 7.89. The summed E-state index contributed by atoms with van der Waals surface area (Å²) in [6.45, 7) is -2.49. The Morgan fingerprint density at radius 1 is 1.41 bits per heavy atom. The first-order valence-electron chi connectivity index (χ1n) is 7.24. The zero-order valence-corrected chi connectivity index (χ0v) is 12.0. The normalized spacial score (nSPS) is 21.5. The van der Waals surface area contributed by atoms with Crippen LogP contribution in [0.3, 0.4) is 0 Å². The highest BCUT2D eigenvalue weighted by Crippen LogP contribution is 2.24. The van der Waals surface area contributed by atoms with Crippen LogP contribution >= 0.6 is 0 Å². The van der Waals surface area contributed by atoms with Crippen molar-refractivity contribution in [3.8, 4) is 5.75 Å². The van der Waals surface area contributed by atoms with Crippen molar-refractivity contribution >= 4 is 12.0 Å². The molecular weight excluding hydrogens is 292 g/mol. The number of nitrogens with one attached hydrogen (secondary N) is 1. The standard InChI is InChI=1S/C16H19F2NO3/c17-16(18)22-14-7-2-1-4-11(14)8-9-15(21)19-10-12-5-3-6-13(12)20/h1-2,4,7-9,12-13,16,20H,3,5-6,10H2,(H,19,21). The van der Waals surface area contributed by atoms with E-state index < -0.39 is 6.61 Å². The number of hydrogen-bond acceptors (Lipinski definition) is 3. The van der Waals surface area contributed by atoms with Gasteiger partial charge >= 0.3 is 6.61 Å². The second-order valence-corrected chi connectivity index (χ2v) is 5.25. The molecule has 0 spiro atoms. The number of amides is 1. The minimum Gasteiger partial charge on any atom is -0.434 e. The fourth-order valence-corrected chi connectivity index (χ4v) is 2.53. The molecule has 2 N–H and O–H groups in total. The maximum Gasteiger partial charge on any atom is 0.387 e. The van der Waals surface area contributed by atoms with Crippen LogP contribution in [0, 0.1) is 5.92 Å². The van der Waals surface area contributed by atoms with Crippen molar-refractivity contribution in [2.75, 3.05) is 6.54 Å². The molecule has 1 aromatic rings. The summed E-state index contributed by atoms with van der Waals surface area (Å²) >= 11 is 0. The van der Waals surface area contributed by atoms with Crippen molar-refractivity contribution in [3.63, 3.8) is 0 Å². The molecule has 120 valence electrons. The number of alkyl halides is 2. The highest BCUT2D eigenvalue weighted by Gasteiger charge is 2.24. The lowest BCUT2D eigenvalue weighted by atomic mass is 10.1. The third-order valence-electron chi connectivity index (χ3n) is 3.71. The van der Waals surface area contributed by atoms with Crippen LogP contribution in [0.5, 0.6) is 5.75 Å². The summed E-state index contributed by atoms with van der Waals surface area (Å²) in [5.41, 5.74) is 0.402. The molecule has 0 saturated heterocycles. The quantitative estimate of drug-likeness (QED) is 0.794. The Hall–Kier alpha value is -1.95. The zero-order chi connectivity index (χ0) is 15.9. The number of benzene rings is 1. The topological polar surface area (TPSA) is 58.6 Å². The van der Waals surface area contributed by atoms with E-state index in [1.807, 2.05) is 0 Å². The second-order valence-electron chi connectivity index (χ2n) is 5.25. The molecule has 1 fully saturated rings. The predicted molar refractivity (Wildman–Crippen MR) is 78.5 cm³/mol. The Balaban J connectivity index is 1.89. The summed E-state index contributed by atoms with van der Waals surface area (Å²) in [5, 5.41) is 12.4. The van der Waals surface area contributed by atoms with E-state index in [1.165, 1.54) is 18.2 Å². The number of carbonyl (C=O) groups is 1. The van der Waals surface area contributed by atoms with E-state index in [2.05, 4.69) is 10.1 Å². The average Bonchev–Trinajstić information content (AvgIpc) is 2.89. The van der Waals surface area contributed by atoms with Gasteiger partial charge in [0.25, 0.3) is 0 Å². The molecule has 0 aromatic heterocycles. The monoisotopic (exact) mass is 311 g/mol. The fraction of sp³-hybridized carbons (Fsp3) is 0.438. The van der Waals surface area contributed by atoms with Gasteiger partial charge in [0.1, 0.15) is 5.75 Å². The Labute approximate surface area is 127 Å². The lowest BCUT2D eigenvalue weighted by Gasteiger charge is -2.14. The van der Waals surface area contributed by atoms with Crippen molar-refractivity contribution in [1.82, 2.24) is 5.32 Å². The number of aliphatic hydroxyl groups excluding tert-OH is 1. The molecular formula is C16H19F2NO3. The van der Waals surface area contributed by atoms with E-state index in [-0.39, 0.29) is 23.7 Å². The number of ether oxygens (including phenoxy) is 1. The highest BCUT2D eigenvalue weighted by molar-refractivity contribution is 5.92. The van der Waals surface area contributed by atoms with Gasteiger partial charge in [-0.05, 0) is 25.0 Å². The van der Waals surface area contributed by atoms with Gasteiger partial charge in [-0.1, -0.05) is 24.6 Å². The van der Waals surface area contributed by atoms with E-state index in [0.717, 1.165) is 19.3 Å². The molecule has 0 radical (unpaired) electrons. The van der Waals surface area contributed by atoms with Gasteiger partial charge in [0.2, 0.25) is 5.91 Å².